The third-order valence-electron chi connectivity index (χ3n) is 4.92. The minimum Gasteiger partial charge on any atom is -0.495 e. The number of anilines is 3. The molecular formula is C21H23FN6O. The summed E-state index contributed by atoms with van der Waals surface area (Å²) in [5.74, 6) is 1.89. The summed E-state index contributed by atoms with van der Waals surface area (Å²) in [6.07, 6.45) is 1.60. The standard InChI is InChI=1S/C21H23FN6O/c1-29-19-5-3-2-4-18(19)27-10-12-28(13-11-27)21-25-20(15-24-26-21)23-14-16-6-8-17(22)9-7-16/h2-9,15H,10-14H2,1H3,(H,23,25,26). The van der Waals surface area contributed by atoms with Gasteiger partial charge in [-0.15, -0.1) is 5.10 Å². The lowest BCUT2D eigenvalue weighted by molar-refractivity contribution is 0.413. The van der Waals surface area contributed by atoms with Crippen LogP contribution in [0.25, 0.3) is 0 Å². The van der Waals surface area contributed by atoms with Crippen molar-refractivity contribution in [2.24, 2.45) is 0 Å². The van der Waals surface area contributed by atoms with E-state index in [1.165, 1.54) is 12.1 Å². The van der Waals surface area contributed by atoms with Gasteiger partial charge in [0.1, 0.15) is 11.6 Å². The molecule has 150 valence electrons. The number of hydrogen-bond acceptors (Lipinski definition) is 7. The Morgan fingerprint density at radius 2 is 1.72 bits per heavy atom. The molecule has 8 heteroatoms. The Bertz CT molecular complexity index is 944. The van der Waals surface area contributed by atoms with Gasteiger partial charge in [-0.1, -0.05) is 24.3 Å². The zero-order valence-electron chi connectivity index (χ0n) is 16.3. The average molecular weight is 394 g/mol. The Balaban J connectivity index is 1.37. The van der Waals surface area contributed by atoms with Gasteiger partial charge in [0.15, 0.2) is 5.82 Å². The largest absolute Gasteiger partial charge is 0.495 e. The van der Waals surface area contributed by atoms with Gasteiger partial charge in [0, 0.05) is 32.7 Å². The highest BCUT2D eigenvalue weighted by Crippen LogP contribution is 2.28. The fraction of sp³-hybridized carbons (Fsp3) is 0.286. The van der Waals surface area contributed by atoms with Gasteiger partial charge in [-0.2, -0.15) is 10.1 Å². The molecule has 1 N–H and O–H groups in total. The van der Waals surface area contributed by atoms with Crippen LogP contribution < -0.4 is 19.9 Å². The van der Waals surface area contributed by atoms with Crippen LogP contribution in [0.15, 0.2) is 54.7 Å². The number of nitrogens with one attached hydrogen (secondary N) is 1. The van der Waals surface area contributed by atoms with Crippen LogP contribution in [-0.2, 0) is 6.54 Å². The third-order valence-corrected chi connectivity index (χ3v) is 4.92. The van der Waals surface area contributed by atoms with Gasteiger partial charge in [-0.3, -0.25) is 0 Å². The number of rotatable bonds is 6. The summed E-state index contributed by atoms with van der Waals surface area (Å²) < 4.78 is 18.5. The molecule has 2 heterocycles. The van der Waals surface area contributed by atoms with E-state index in [9.17, 15) is 4.39 Å². The number of halogens is 1. The second-order valence-corrected chi connectivity index (χ2v) is 6.77. The van der Waals surface area contributed by atoms with Gasteiger partial charge >= 0.3 is 0 Å². The molecule has 1 saturated heterocycles. The molecule has 0 aliphatic carbocycles. The van der Waals surface area contributed by atoms with Crippen molar-refractivity contribution in [1.29, 1.82) is 0 Å². The van der Waals surface area contributed by atoms with E-state index in [1.54, 1.807) is 25.4 Å². The highest BCUT2D eigenvalue weighted by atomic mass is 19.1. The van der Waals surface area contributed by atoms with Crippen molar-refractivity contribution < 1.29 is 9.13 Å². The van der Waals surface area contributed by atoms with E-state index in [0.717, 1.165) is 43.2 Å². The summed E-state index contributed by atoms with van der Waals surface area (Å²) >= 11 is 0. The number of hydrogen-bond donors (Lipinski definition) is 1. The summed E-state index contributed by atoms with van der Waals surface area (Å²) in [6.45, 7) is 3.82. The molecule has 0 spiro atoms. The lowest BCUT2D eigenvalue weighted by atomic mass is 10.2. The Morgan fingerprint density at radius 3 is 2.48 bits per heavy atom. The summed E-state index contributed by atoms with van der Waals surface area (Å²) in [4.78, 5) is 9.02. The summed E-state index contributed by atoms with van der Waals surface area (Å²) in [7, 11) is 1.69. The van der Waals surface area contributed by atoms with Crippen LogP contribution in [0.5, 0.6) is 5.75 Å². The molecule has 1 aliphatic rings. The molecule has 29 heavy (non-hydrogen) atoms. The maximum Gasteiger partial charge on any atom is 0.247 e. The second kappa shape index (κ2) is 8.72. The molecular weight excluding hydrogens is 371 g/mol. The lowest BCUT2D eigenvalue weighted by Gasteiger charge is -2.36. The molecule has 1 aromatic heterocycles. The third kappa shape index (κ3) is 4.53. The molecule has 4 rings (SSSR count). The zero-order valence-corrected chi connectivity index (χ0v) is 16.3. The zero-order chi connectivity index (χ0) is 20.1. The van der Waals surface area contributed by atoms with Crippen LogP contribution in [-0.4, -0.2) is 48.5 Å². The first-order valence-electron chi connectivity index (χ1n) is 9.54. The molecule has 0 amide bonds. The van der Waals surface area contributed by atoms with Crippen molar-refractivity contribution in [2.45, 2.75) is 6.54 Å². The molecule has 0 bridgehead atoms. The topological polar surface area (TPSA) is 66.4 Å². The maximum atomic E-state index is 13.0. The number of methoxy groups -OCH3 is 1. The number of piperazine rings is 1. The Labute approximate surface area is 169 Å². The number of ether oxygens (including phenoxy) is 1. The normalized spacial score (nSPS) is 14.0. The van der Waals surface area contributed by atoms with E-state index < -0.39 is 0 Å². The van der Waals surface area contributed by atoms with E-state index in [-0.39, 0.29) is 5.82 Å². The Hall–Kier alpha value is -3.42. The molecule has 7 nitrogen and oxygen atoms in total. The molecule has 0 unspecified atom stereocenters. The van der Waals surface area contributed by atoms with Crippen LogP contribution in [0.3, 0.4) is 0 Å². The van der Waals surface area contributed by atoms with Gasteiger partial charge in [-0.05, 0) is 29.8 Å². The first-order valence-corrected chi connectivity index (χ1v) is 9.54. The van der Waals surface area contributed by atoms with E-state index in [4.69, 9.17) is 4.74 Å². The molecule has 0 radical (unpaired) electrons. The van der Waals surface area contributed by atoms with Gasteiger partial charge in [0.2, 0.25) is 5.95 Å². The summed E-state index contributed by atoms with van der Waals surface area (Å²) in [5.41, 5.74) is 2.07. The van der Waals surface area contributed by atoms with Gasteiger partial charge in [0.05, 0.1) is 19.0 Å². The molecule has 2 aromatic carbocycles. The van der Waals surface area contributed by atoms with Gasteiger partial charge in [-0.25, -0.2) is 4.39 Å². The predicted octanol–water partition coefficient (Wildman–Crippen LogP) is 2.96. The number of nitrogens with zero attached hydrogens (tertiary/aromatic N) is 5. The summed E-state index contributed by atoms with van der Waals surface area (Å²) in [5, 5.41) is 11.5. The molecule has 1 aliphatic heterocycles. The first kappa shape index (κ1) is 18.9. The van der Waals surface area contributed by atoms with E-state index in [2.05, 4.69) is 36.4 Å². The van der Waals surface area contributed by atoms with Crippen LogP contribution in [0.1, 0.15) is 5.56 Å². The van der Waals surface area contributed by atoms with Crippen molar-refractivity contribution in [2.75, 3.05) is 48.4 Å². The average Bonchev–Trinajstić information content (AvgIpc) is 2.79. The molecule has 1 fully saturated rings. The van der Waals surface area contributed by atoms with Crippen molar-refractivity contribution in [1.82, 2.24) is 15.2 Å². The van der Waals surface area contributed by atoms with Crippen molar-refractivity contribution >= 4 is 17.5 Å². The van der Waals surface area contributed by atoms with Crippen LogP contribution in [0, 0.1) is 5.82 Å². The van der Waals surface area contributed by atoms with Gasteiger partial charge in [0.25, 0.3) is 0 Å². The molecule has 3 aromatic rings. The number of para-hydroxylation sites is 2. The van der Waals surface area contributed by atoms with Crippen LogP contribution in [0.4, 0.5) is 21.8 Å². The molecule has 0 atom stereocenters. The summed E-state index contributed by atoms with van der Waals surface area (Å²) in [6, 6.07) is 14.4. The monoisotopic (exact) mass is 394 g/mol. The van der Waals surface area contributed by atoms with Crippen molar-refractivity contribution in [3.05, 3.63) is 66.1 Å². The van der Waals surface area contributed by atoms with Crippen LogP contribution >= 0.6 is 0 Å². The minimum absolute atomic E-state index is 0.244. The quantitative estimate of drug-likeness (QED) is 0.689. The SMILES string of the molecule is COc1ccccc1N1CCN(c2nncc(NCc3ccc(F)cc3)n2)CC1. The Morgan fingerprint density at radius 1 is 1.00 bits per heavy atom. The maximum absolute atomic E-state index is 13.0. The van der Waals surface area contributed by atoms with E-state index in [1.807, 2.05) is 18.2 Å². The van der Waals surface area contributed by atoms with E-state index >= 15 is 0 Å². The second-order valence-electron chi connectivity index (χ2n) is 6.77. The van der Waals surface area contributed by atoms with Crippen molar-refractivity contribution in [3.63, 3.8) is 0 Å². The minimum atomic E-state index is -0.244. The lowest BCUT2D eigenvalue weighted by Crippen LogP contribution is -2.47. The number of benzene rings is 2. The number of aromatic nitrogens is 3. The van der Waals surface area contributed by atoms with E-state index in [0.29, 0.717) is 18.3 Å². The fourth-order valence-electron chi connectivity index (χ4n) is 3.35. The highest BCUT2D eigenvalue weighted by Gasteiger charge is 2.21. The van der Waals surface area contributed by atoms with Crippen LogP contribution in [0.2, 0.25) is 0 Å². The van der Waals surface area contributed by atoms with Crippen molar-refractivity contribution in [3.8, 4) is 5.75 Å². The fourth-order valence-corrected chi connectivity index (χ4v) is 3.35. The van der Waals surface area contributed by atoms with Gasteiger partial charge < -0.3 is 19.9 Å². The Kier molecular flexibility index (Phi) is 5.69. The highest BCUT2D eigenvalue weighted by molar-refractivity contribution is 5.59. The molecule has 0 saturated carbocycles. The predicted molar refractivity (Wildman–Crippen MR) is 111 cm³/mol. The first-order chi connectivity index (χ1) is 14.2. The smallest absolute Gasteiger partial charge is 0.247 e.